The molecule has 2 rings (SSSR count). The SMILES string of the molecule is CCNCc1ccc(N(C)C2CCC(CC)CC2)c(Br)c1. The fourth-order valence-corrected chi connectivity index (χ4v) is 4.06. The van der Waals surface area contributed by atoms with Gasteiger partial charge in [0.1, 0.15) is 0 Å². The Morgan fingerprint density at radius 3 is 2.48 bits per heavy atom. The van der Waals surface area contributed by atoms with Crippen LogP contribution in [-0.2, 0) is 6.54 Å². The van der Waals surface area contributed by atoms with E-state index >= 15 is 0 Å². The number of halogens is 1. The molecule has 118 valence electrons. The van der Waals surface area contributed by atoms with E-state index in [1.807, 2.05) is 0 Å². The normalized spacial score (nSPS) is 22.3. The zero-order valence-electron chi connectivity index (χ0n) is 13.7. The lowest BCUT2D eigenvalue weighted by atomic mass is 9.84. The Bertz CT molecular complexity index is 439. The topological polar surface area (TPSA) is 15.3 Å². The van der Waals surface area contributed by atoms with Crippen LogP contribution in [0.1, 0.15) is 51.5 Å². The molecule has 0 spiro atoms. The van der Waals surface area contributed by atoms with Crippen molar-refractivity contribution in [3.63, 3.8) is 0 Å². The number of nitrogens with zero attached hydrogens (tertiary/aromatic N) is 1. The van der Waals surface area contributed by atoms with Crippen molar-refractivity contribution in [1.82, 2.24) is 5.32 Å². The Balaban J connectivity index is 2.00. The van der Waals surface area contributed by atoms with E-state index in [1.165, 1.54) is 47.8 Å². The molecule has 1 aliphatic rings. The average Bonchev–Trinajstić information content (AvgIpc) is 2.52. The Labute approximate surface area is 138 Å². The van der Waals surface area contributed by atoms with E-state index in [-0.39, 0.29) is 0 Å². The van der Waals surface area contributed by atoms with Crippen LogP contribution in [0, 0.1) is 5.92 Å². The monoisotopic (exact) mass is 352 g/mol. The summed E-state index contributed by atoms with van der Waals surface area (Å²) in [6, 6.07) is 7.47. The molecule has 2 nitrogen and oxygen atoms in total. The Kier molecular flexibility index (Phi) is 6.56. The zero-order chi connectivity index (χ0) is 15.2. The van der Waals surface area contributed by atoms with Gasteiger partial charge in [0.25, 0.3) is 0 Å². The lowest BCUT2D eigenvalue weighted by Crippen LogP contribution is -2.35. The van der Waals surface area contributed by atoms with Crippen LogP contribution in [0.5, 0.6) is 0 Å². The van der Waals surface area contributed by atoms with Crippen molar-refractivity contribution < 1.29 is 0 Å². The summed E-state index contributed by atoms with van der Waals surface area (Å²) in [7, 11) is 2.25. The molecule has 21 heavy (non-hydrogen) atoms. The lowest BCUT2D eigenvalue weighted by molar-refractivity contribution is 0.313. The van der Waals surface area contributed by atoms with Crippen molar-refractivity contribution in [1.29, 1.82) is 0 Å². The predicted octanol–water partition coefficient (Wildman–Crippen LogP) is 4.96. The molecule has 0 aliphatic heterocycles. The molecule has 0 atom stereocenters. The number of rotatable bonds is 6. The first-order chi connectivity index (χ1) is 10.2. The van der Waals surface area contributed by atoms with Crippen LogP contribution in [0.15, 0.2) is 22.7 Å². The van der Waals surface area contributed by atoms with Crippen LogP contribution in [0.2, 0.25) is 0 Å². The summed E-state index contributed by atoms with van der Waals surface area (Å²) in [5.74, 6) is 0.959. The maximum atomic E-state index is 3.76. The minimum absolute atomic E-state index is 0.698. The number of anilines is 1. The van der Waals surface area contributed by atoms with Crippen molar-refractivity contribution in [2.75, 3.05) is 18.5 Å². The summed E-state index contributed by atoms with van der Waals surface area (Å²) in [5.41, 5.74) is 2.67. The maximum Gasteiger partial charge on any atom is 0.0510 e. The van der Waals surface area contributed by atoms with Gasteiger partial charge in [-0.15, -0.1) is 0 Å². The average molecular weight is 353 g/mol. The largest absolute Gasteiger partial charge is 0.371 e. The van der Waals surface area contributed by atoms with Gasteiger partial charge in [-0.1, -0.05) is 26.3 Å². The van der Waals surface area contributed by atoms with Crippen LogP contribution in [-0.4, -0.2) is 19.6 Å². The second-order valence-electron chi connectivity index (χ2n) is 6.26. The van der Waals surface area contributed by atoms with Crippen molar-refractivity contribution >= 4 is 21.6 Å². The lowest BCUT2D eigenvalue weighted by Gasteiger charge is -2.36. The van der Waals surface area contributed by atoms with Gasteiger partial charge in [-0.2, -0.15) is 0 Å². The summed E-state index contributed by atoms with van der Waals surface area (Å²) in [4.78, 5) is 2.48. The summed E-state index contributed by atoms with van der Waals surface area (Å²) in [6.45, 7) is 6.43. The molecule has 1 aromatic carbocycles. The molecule has 1 fully saturated rings. The summed E-state index contributed by atoms with van der Waals surface area (Å²) >= 11 is 3.76. The second kappa shape index (κ2) is 8.19. The summed E-state index contributed by atoms with van der Waals surface area (Å²) < 4.78 is 1.22. The molecule has 0 radical (unpaired) electrons. The molecule has 0 heterocycles. The standard InChI is InChI=1S/C18H29BrN2/c1-4-14-6-9-16(10-7-14)21(3)18-11-8-15(12-17(18)19)13-20-5-2/h8,11-12,14,16,20H,4-7,9-10,13H2,1-3H3. The quantitative estimate of drug-likeness (QED) is 0.777. The second-order valence-corrected chi connectivity index (χ2v) is 7.11. The molecule has 0 amide bonds. The third kappa shape index (κ3) is 4.46. The highest BCUT2D eigenvalue weighted by Crippen LogP contribution is 2.34. The van der Waals surface area contributed by atoms with E-state index in [4.69, 9.17) is 0 Å². The van der Waals surface area contributed by atoms with Crippen molar-refractivity contribution in [3.8, 4) is 0 Å². The smallest absolute Gasteiger partial charge is 0.0510 e. The van der Waals surface area contributed by atoms with Gasteiger partial charge >= 0.3 is 0 Å². The van der Waals surface area contributed by atoms with Gasteiger partial charge in [0.15, 0.2) is 0 Å². The first kappa shape index (κ1) is 16.8. The molecule has 0 saturated heterocycles. The van der Waals surface area contributed by atoms with Crippen LogP contribution in [0.4, 0.5) is 5.69 Å². The molecule has 0 aromatic heterocycles. The van der Waals surface area contributed by atoms with Gasteiger partial charge in [0.05, 0.1) is 5.69 Å². The molecule has 1 saturated carbocycles. The highest BCUT2D eigenvalue weighted by atomic mass is 79.9. The molecule has 0 unspecified atom stereocenters. The van der Waals surface area contributed by atoms with Gasteiger partial charge in [-0.05, 0) is 71.8 Å². The van der Waals surface area contributed by atoms with E-state index in [1.54, 1.807) is 0 Å². The van der Waals surface area contributed by atoms with Crippen molar-refractivity contribution in [2.45, 2.75) is 58.5 Å². The van der Waals surface area contributed by atoms with Crippen molar-refractivity contribution in [2.24, 2.45) is 5.92 Å². The van der Waals surface area contributed by atoms with Crippen molar-refractivity contribution in [3.05, 3.63) is 28.2 Å². The van der Waals surface area contributed by atoms with E-state index in [2.05, 4.69) is 65.2 Å². The highest BCUT2D eigenvalue weighted by Gasteiger charge is 2.24. The van der Waals surface area contributed by atoms with Crippen LogP contribution in [0.3, 0.4) is 0 Å². The summed E-state index contributed by atoms with van der Waals surface area (Å²) in [6.07, 6.45) is 6.80. The molecular formula is C18H29BrN2. The fraction of sp³-hybridized carbons (Fsp3) is 0.667. The Morgan fingerprint density at radius 2 is 1.90 bits per heavy atom. The third-order valence-electron chi connectivity index (χ3n) is 4.91. The third-order valence-corrected chi connectivity index (χ3v) is 5.55. The molecule has 1 aliphatic carbocycles. The molecule has 3 heteroatoms. The van der Waals surface area contributed by atoms with E-state index < -0.39 is 0 Å². The minimum atomic E-state index is 0.698. The van der Waals surface area contributed by atoms with Gasteiger partial charge in [-0.3, -0.25) is 0 Å². The summed E-state index contributed by atoms with van der Waals surface area (Å²) in [5, 5.41) is 3.38. The van der Waals surface area contributed by atoms with E-state index in [0.29, 0.717) is 6.04 Å². The van der Waals surface area contributed by atoms with Gasteiger partial charge in [0.2, 0.25) is 0 Å². The van der Waals surface area contributed by atoms with Crippen LogP contribution in [0.25, 0.3) is 0 Å². The first-order valence-corrected chi connectivity index (χ1v) is 9.17. The minimum Gasteiger partial charge on any atom is -0.371 e. The predicted molar refractivity (Wildman–Crippen MR) is 96.0 cm³/mol. The Morgan fingerprint density at radius 1 is 1.19 bits per heavy atom. The van der Waals surface area contributed by atoms with E-state index in [0.717, 1.165) is 19.0 Å². The maximum absolute atomic E-state index is 3.76. The van der Waals surface area contributed by atoms with Crippen LogP contribution < -0.4 is 10.2 Å². The molecule has 1 aromatic rings. The zero-order valence-corrected chi connectivity index (χ0v) is 15.2. The fourth-order valence-electron chi connectivity index (χ4n) is 3.35. The molecule has 1 N–H and O–H groups in total. The molecule has 0 bridgehead atoms. The van der Waals surface area contributed by atoms with Gasteiger partial charge < -0.3 is 10.2 Å². The van der Waals surface area contributed by atoms with Crippen LogP contribution >= 0.6 is 15.9 Å². The number of hydrogen-bond donors (Lipinski definition) is 1. The first-order valence-electron chi connectivity index (χ1n) is 8.37. The van der Waals surface area contributed by atoms with Gasteiger partial charge in [0, 0.05) is 24.1 Å². The highest BCUT2D eigenvalue weighted by molar-refractivity contribution is 9.10. The Hall–Kier alpha value is -0.540. The molecular weight excluding hydrogens is 324 g/mol. The number of hydrogen-bond acceptors (Lipinski definition) is 2. The number of benzene rings is 1. The number of nitrogens with one attached hydrogen (secondary N) is 1. The van der Waals surface area contributed by atoms with Gasteiger partial charge in [-0.25, -0.2) is 0 Å². The van der Waals surface area contributed by atoms with E-state index in [9.17, 15) is 0 Å².